The van der Waals surface area contributed by atoms with Crippen LogP contribution in [-0.2, 0) is 17.9 Å². The van der Waals surface area contributed by atoms with E-state index in [1.807, 2.05) is 12.1 Å². The standard InChI is InChI=1S/C17H25NO2/c1-4-8-13(3)19-12-17-15(11-18-5-2)14-9-6-7-10-16(14)20-17/h6-7,9-10,13,18H,4-5,8,11-12H2,1-3H3. The minimum Gasteiger partial charge on any atom is -0.458 e. The zero-order valence-electron chi connectivity index (χ0n) is 12.7. The second kappa shape index (κ2) is 7.46. The first-order chi connectivity index (χ1) is 9.76. The molecule has 0 aliphatic heterocycles. The van der Waals surface area contributed by atoms with Gasteiger partial charge in [0.05, 0.1) is 6.10 Å². The molecule has 0 amide bonds. The van der Waals surface area contributed by atoms with E-state index >= 15 is 0 Å². The van der Waals surface area contributed by atoms with E-state index in [0.717, 1.165) is 37.3 Å². The lowest BCUT2D eigenvalue weighted by molar-refractivity contribution is 0.0374. The average Bonchev–Trinajstić information content (AvgIpc) is 2.81. The Kier molecular flexibility index (Phi) is 5.62. The molecule has 1 heterocycles. The largest absolute Gasteiger partial charge is 0.458 e. The molecule has 0 aliphatic rings. The third kappa shape index (κ3) is 3.62. The number of ether oxygens (including phenoxy) is 1. The van der Waals surface area contributed by atoms with E-state index in [-0.39, 0.29) is 6.10 Å². The van der Waals surface area contributed by atoms with Crippen LogP contribution in [0.1, 0.15) is 44.9 Å². The predicted octanol–water partition coefficient (Wildman–Crippen LogP) is 4.25. The Morgan fingerprint density at radius 2 is 2.05 bits per heavy atom. The summed E-state index contributed by atoms with van der Waals surface area (Å²) in [7, 11) is 0. The van der Waals surface area contributed by atoms with E-state index in [9.17, 15) is 0 Å². The fraction of sp³-hybridized carbons (Fsp3) is 0.529. The molecule has 3 heteroatoms. The maximum atomic E-state index is 5.96. The zero-order chi connectivity index (χ0) is 14.4. The van der Waals surface area contributed by atoms with Crippen LogP contribution in [0.3, 0.4) is 0 Å². The first-order valence-corrected chi connectivity index (χ1v) is 7.57. The topological polar surface area (TPSA) is 34.4 Å². The van der Waals surface area contributed by atoms with E-state index in [1.165, 1.54) is 10.9 Å². The molecule has 110 valence electrons. The van der Waals surface area contributed by atoms with E-state index in [4.69, 9.17) is 9.15 Å². The van der Waals surface area contributed by atoms with Gasteiger partial charge in [0.25, 0.3) is 0 Å². The van der Waals surface area contributed by atoms with Crippen LogP contribution in [0.25, 0.3) is 11.0 Å². The monoisotopic (exact) mass is 275 g/mol. The van der Waals surface area contributed by atoms with Crippen molar-refractivity contribution in [3.8, 4) is 0 Å². The molecular formula is C17H25NO2. The van der Waals surface area contributed by atoms with Crippen LogP contribution in [-0.4, -0.2) is 12.6 Å². The predicted molar refractivity (Wildman–Crippen MR) is 82.8 cm³/mol. The van der Waals surface area contributed by atoms with Gasteiger partial charge in [-0.25, -0.2) is 0 Å². The number of benzene rings is 1. The van der Waals surface area contributed by atoms with Crippen LogP contribution in [0.2, 0.25) is 0 Å². The summed E-state index contributed by atoms with van der Waals surface area (Å²) in [6.07, 6.45) is 2.51. The van der Waals surface area contributed by atoms with Crippen molar-refractivity contribution in [2.75, 3.05) is 6.54 Å². The minimum absolute atomic E-state index is 0.278. The van der Waals surface area contributed by atoms with Crippen molar-refractivity contribution < 1.29 is 9.15 Å². The highest BCUT2D eigenvalue weighted by atomic mass is 16.5. The van der Waals surface area contributed by atoms with Gasteiger partial charge in [-0.3, -0.25) is 0 Å². The number of hydrogen-bond acceptors (Lipinski definition) is 3. The summed E-state index contributed by atoms with van der Waals surface area (Å²) in [5, 5.41) is 4.57. The van der Waals surface area contributed by atoms with Crippen LogP contribution in [0.4, 0.5) is 0 Å². The number of furan rings is 1. The molecule has 1 aromatic carbocycles. The Balaban J connectivity index is 2.17. The quantitative estimate of drug-likeness (QED) is 0.782. The van der Waals surface area contributed by atoms with Gasteiger partial charge < -0.3 is 14.5 Å². The lowest BCUT2D eigenvalue weighted by Gasteiger charge is -2.11. The Labute approximate surface area is 121 Å². The molecular weight excluding hydrogens is 250 g/mol. The van der Waals surface area contributed by atoms with Gasteiger partial charge in [-0.15, -0.1) is 0 Å². The highest BCUT2D eigenvalue weighted by Crippen LogP contribution is 2.26. The van der Waals surface area contributed by atoms with Gasteiger partial charge >= 0.3 is 0 Å². The number of hydrogen-bond donors (Lipinski definition) is 1. The van der Waals surface area contributed by atoms with Crippen molar-refractivity contribution >= 4 is 11.0 Å². The average molecular weight is 275 g/mol. The molecule has 20 heavy (non-hydrogen) atoms. The van der Waals surface area contributed by atoms with Crippen LogP contribution in [0.15, 0.2) is 28.7 Å². The lowest BCUT2D eigenvalue weighted by Crippen LogP contribution is -2.14. The fourth-order valence-electron chi connectivity index (χ4n) is 2.42. The lowest BCUT2D eigenvalue weighted by atomic mass is 10.1. The van der Waals surface area contributed by atoms with E-state index < -0.39 is 0 Å². The summed E-state index contributed by atoms with van der Waals surface area (Å²) in [6.45, 7) is 8.74. The van der Waals surface area contributed by atoms with Crippen LogP contribution in [0.5, 0.6) is 0 Å². The van der Waals surface area contributed by atoms with Gasteiger partial charge in [0.2, 0.25) is 0 Å². The van der Waals surface area contributed by atoms with Gasteiger partial charge in [-0.1, -0.05) is 38.5 Å². The van der Waals surface area contributed by atoms with E-state index in [0.29, 0.717) is 6.61 Å². The molecule has 0 saturated heterocycles. The van der Waals surface area contributed by atoms with Crippen LogP contribution >= 0.6 is 0 Å². The Hall–Kier alpha value is -1.32. The molecule has 1 atom stereocenters. The van der Waals surface area contributed by atoms with Crippen LogP contribution in [0, 0.1) is 0 Å². The van der Waals surface area contributed by atoms with Crippen molar-refractivity contribution in [1.82, 2.24) is 5.32 Å². The third-order valence-electron chi connectivity index (χ3n) is 3.53. The molecule has 0 saturated carbocycles. The molecule has 3 nitrogen and oxygen atoms in total. The summed E-state index contributed by atoms with van der Waals surface area (Å²) in [4.78, 5) is 0. The van der Waals surface area contributed by atoms with Gasteiger partial charge in [-0.05, 0) is 26.0 Å². The summed E-state index contributed by atoms with van der Waals surface area (Å²) in [5.41, 5.74) is 2.17. The molecule has 0 fully saturated rings. The molecule has 2 rings (SSSR count). The summed E-state index contributed by atoms with van der Waals surface area (Å²) >= 11 is 0. The smallest absolute Gasteiger partial charge is 0.135 e. The van der Waals surface area contributed by atoms with Crippen molar-refractivity contribution in [3.05, 3.63) is 35.6 Å². The van der Waals surface area contributed by atoms with Crippen LogP contribution < -0.4 is 5.32 Å². The van der Waals surface area contributed by atoms with Gasteiger partial charge in [0, 0.05) is 17.5 Å². The number of fused-ring (bicyclic) bond motifs is 1. The summed E-state index contributed by atoms with van der Waals surface area (Å²) in [6, 6.07) is 8.19. The fourth-order valence-corrected chi connectivity index (χ4v) is 2.42. The highest BCUT2D eigenvalue weighted by molar-refractivity contribution is 5.82. The zero-order valence-corrected chi connectivity index (χ0v) is 12.7. The van der Waals surface area contributed by atoms with Gasteiger partial charge in [0.1, 0.15) is 18.0 Å². The van der Waals surface area contributed by atoms with Crippen molar-refractivity contribution in [1.29, 1.82) is 0 Å². The first-order valence-electron chi connectivity index (χ1n) is 7.57. The summed E-state index contributed by atoms with van der Waals surface area (Å²) in [5.74, 6) is 0.954. The molecule has 0 bridgehead atoms. The number of rotatable bonds is 8. The van der Waals surface area contributed by atoms with Gasteiger partial charge in [0.15, 0.2) is 0 Å². The van der Waals surface area contributed by atoms with Crippen molar-refractivity contribution in [3.63, 3.8) is 0 Å². The van der Waals surface area contributed by atoms with E-state index in [2.05, 4.69) is 38.2 Å². The normalized spacial score (nSPS) is 12.9. The second-order valence-electron chi connectivity index (χ2n) is 5.19. The molecule has 0 aliphatic carbocycles. The molecule has 0 radical (unpaired) electrons. The molecule has 1 aromatic heterocycles. The Bertz CT molecular complexity index is 533. The molecule has 0 spiro atoms. The third-order valence-corrected chi connectivity index (χ3v) is 3.53. The molecule has 1 N–H and O–H groups in total. The summed E-state index contributed by atoms with van der Waals surface area (Å²) < 4.78 is 11.9. The van der Waals surface area contributed by atoms with Crippen molar-refractivity contribution in [2.24, 2.45) is 0 Å². The SMILES string of the molecule is CCCC(C)OCc1oc2ccccc2c1CNCC. The first kappa shape index (κ1) is 15.1. The second-order valence-corrected chi connectivity index (χ2v) is 5.19. The molecule has 2 aromatic rings. The minimum atomic E-state index is 0.278. The van der Waals surface area contributed by atoms with Crippen molar-refractivity contribution in [2.45, 2.75) is 52.9 Å². The highest BCUT2D eigenvalue weighted by Gasteiger charge is 2.14. The Morgan fingerprint density at radius 3 is 2.80 bits per heavy atom. The maximum Gasteiger partial charge on any atom is 0.135 e. The van der Waals surface area contributed by atoms with Gasteiger partial charge in [-0.2, -0.15) is 0 Å². The number of nitrogens with one attached hydrogen (secondary N) is 1. The van der Waals surface area contributed by atoms with E-state index in [1.54, 1.807) is 0 Å². The molecule has 1 unspecified atom stereocenters. The maximum absolute atomic E-state index is 5.96. The number of para-hydroxylation sites is 1. The Morgan fingerprint density at radius 1 is 1.25 bits per heavy atom.